The van der Waals surface area contributed by atoms with Crippen LogP contribution in [-0.2, 0) is 6.42 Å². The van der Waals surface area contributed by atoms with Gasteiger partial charge in [-0.1, -0.05) is 36.4 Å². The van der Waals surface area contributed by atoms with Crippen LogP contribution in [0.25, 0.3) is 0 Å². The molecule has 2 aromatic carbocycles. The molecule has 2 aromatic rings. The minimum Gasteiger partial charge on any atom is -0.493 e. The van der Waals surface area contributed by atoms with Crippen molar-refractivity contribution in [2.24, 2.45) is 5.92 Å². The van der Waals surface area contributed by atoms with Gasteiger partial charge in [-0.15, -0.1) is 17.0 Å². The van der Waals surface area contributed by atoms with Gasteiger partial charge in [-0.2, -0.15) is 0 Å². The van der Waals surface area contributed by atoms with Crippen molar-refractivity contribution >= 4 is 17.0 Å². The fourth-order valence-electron chi connectivity index (χ4n) is 3.34. The van der Waals surface area contributed by atoms with Gasteiger partial charge in [0.15, 0.2) is 11.5 Å². The predicted molar refractivity (Wildman–Crippen MR) is 99.1 cm³/mol. The molecule has 1 fully saturated rings. The smallest absolute Gasteiger partial charge is 0.160 e. The van der Waals surface area contributed by atoms with Crippen molar-refractivity contribution in [2.75, 3.05) is 27.3 Å². The second kappa shape index (κ2) is 8.37. The molecule has 1 N–H and O–H groups in total. The SMILES string of the molecule is Br.COc1ccc([C@@H]2CNC[C@@H]2Cc2ccccc2)cc1OC. The van der Waals surface area contributed by atoms with Gasteiger partial charge < -0.3 is 14.8 Å². The molecule has 124 valence electrons. The van der Waals surface area contributed by atoms with Gasteiger partial charge in [0.1, 0.15) is 0 Å². The Kier molecular flexibility index (Phi) is 6.48. The van der Waals surface area contributed by atoms with Gasteiger partial charge in [0.25, 0.3) is 0 Å². The standard InChI is InChI=1S/C19H23NO2.BrH/c1-21-18-9-8-15(11-19(18)22-2)17-13-20-12-16(17)10-14-6-4-3-5-7-14;/h3-9,11,16-17,20H,10,12-13H2,1-2H3;1H/t16-,17-;/m0./s1. The Hall–Kier alpha value is -1.52. The van der Waals surface area contributed by atoms with Gasteiger partial charge in [0.05, 0.1) is 14.2 Å². The van der Waals surface area contributed by atoms with Crippen molar-refractivity contribution in [1.29, 1.82) is 0 Å². The first-order valence-corrected chi connectivity index (χ1v) is 7.78. The molecule has 0 aliphatic carbocycles. The third-order valence-electron chi connectivity index (χ3n) is 4.52. The van der Waals surface area contributed by atoms with E-state index in [1.54, 1.807) is 14.2 Å². The van der Waals surface area contributed by atoms with E-state index in [4.69, 9.17) is 9.47 Å². The maximum absolute atomic E-state index is 5.44. The van der Waals surface area contributed by atoms with Crippen molar-refractivity contribution in [2.45, 2.75) is 12.3 Å². The summed E-state index contributed by atoms with van der Waals surface area (Å²) >= 11 is 0. The molecule has 0 unspecified atom stereocenters. The van der Waals surface area contributed by atoms with E-state index < -0.39 is 0 Å². The molecule has 0 aromatic heterocycles. The predicted octanol–water partition coefficient (Wildman–Crippen LogP) is 3.83. The molecule has 0 amide bonds. The lowest BCUT2D eigenvalue weighted by molar-refractivity contribution is 0.354. The second-order valence-corrected chi connectivity index (χ2v) is 5.83. The summed E-state index contributed by atoms with van der Waals surface area (Å²) in [6.45, 7) is 2.08. The maximum atomic E-state index is 5.44. The Labute approximate surface area is 148 Å². The summed E-state index contributed by atoms with van der Waals surface area (Å²) in [6.07, 6.45) is 1.10. The maximum Gasteiger partial charge on any atom is 0.160 e. The van der Waals surface area contributed by atoms with Crippen LogP contribution >= 0.6 is 17.0 Å². The first-order valence-electron chi connectivity index (χ1n) is 7.78. The number of benzene rings is 2. The van der Waals surface area contributed by atoms with Gasteiger partial charge >= 0.3 is 0 Å². The van der Waals surface area contributed by atoms with E-state index in [-0.39, 0.29) is 17.0 Å². The van der Waals surface area contributed by atoms with Crippen LogP contribution in [0.1, 0.15) is 17.0 Å². The first-order chi connectivity index (χ1) is 10.8. The molecule has 1 aliphatic heterocycles. The Bertz CT molecular complexity index is 618. The average molecular weight is 378 g/mol. The molecule has 2 atom stereocenters. The van der Waals surface area contributed by atoms with Crippen molar-refractivity contribution in [1.82, 2.24) is 5.32 Å². The zero-order valence-electron chi connectivity index (χ0n) is 13.6. The molecule has 3 nitrogen and oxygen atoms in total. The zero-order valence-corrected chi connectivity index (χ0v) is 15.3. The minimum absolute atomic E-state index is 0. The van der Waals surface area contributed by atoms with E-state index in [0.29, 0.717) is 11.8 Å². The highest BCUT2D eigenvalue weighted by atomic mass is 79.9. The highest BCUT2D eigenvalue weighted by molar-refractivity contribution is 8.93. The molecule has 3 rings (SSSR count). The first kappa shape index (κ1) is 17.8. The largest absolute Gasteiger partial charge is 0.493 e. The summed E-state index contributed by atoms with van der Waals surface area (Å²) in [6, 6.07) is 17.0. The topological polar surface area (TPSA) is 30.5 Å². The molecule has 1 saturated heterocycles. The molecule has 0 saturated carbocycles. The zero-order chi connectivity index (χ0) is 15.4. The molecule has 0 spiro atoms. The summed E-state index contributed by atoms with van der Waals surface area (Å²) in [7, 11) is 3.36. The lowest BCUT2D eigenvalue weighted by atomic mass is 9.84. The van der Waals surface area contributed by atoms with Crippen LogP contribution in [-0.4, -0.2) is 27.3 Å². The monoisotopic (exact) mass is 377 g/mol. The molecular formula is C19H24BrNO2. The van der Waals surface area contributed by atoms with Crippen molar-refractivity contribution in [3.05, 3.63) is 59.7 Å². The Morgan fingerprint density at radius 2 is 1.70 bits per heavy atom. The molecule has 4 heteroatoms. The number of halogens is 1. The highest BCUT2D eigenvalue weighted by Gasteiger charge is 2.29. The van der Waals surface area contributed by atoms with Gasteiger partial charge in [-0.25, -0.2) is 0 Å². The Morgan fingerprint density at radius 1 is 0.957 bits per heavy atom. The summed E-state index contributed by atoms with van der Waals surface area (Å²) in [5.41, 5.74) is 2.73. The van der Waals surface area contributed by atoms with Crippen LogP contribution in [0.4, 0.5) is 0 Å². The van der Waals surface area contributed by atoms with Crippen molar-refractivity contribution in [3.63, 3.8) is 0 Å². The van der Waals surface area contributed by atoms with E-state index in [1.807, 2.05) is 6.07 Å². The Balaban J connectivity index is 0.00000192. The fourth-order valence-corrected chi connectivity index (χ4v) is 3.34. The molecule has 1 aliphatic rings. The van der Waals surface area contributed by atoms with Gasteiger partial charge in [0.2, 0.25) is 0 Å². The number of rotatable bonds is 5. The van der Waals surface area contributed by atoms with E-state index in [1.165, 1.54) is 11.1 Å². The quantitative estimate of drug-likeness (QED) is 0.858. The van der Waals surface area contributed by atoms with Crippen LogP contribution in [0.15, 0.2) is 48.5 Å². The van der Waals surface area contributed by atoms with Gasteiger partial charge in [-0.05, 0) is 42.1 Å². The van der Waals surface area contributed by atoms with Crippen molar-refractivity contribution < 1.29 is 9.47 Å². The summed E-state index contributed by atoms with van der Waals surface area (Å²) in [5, 5.41) is 3.54. The van der Waals surface area contributed by atoms with Gasteiger partial charge in [-0.3, -0.25) is 0 Å². The van der Waals surface area contributed by atoms with E-state index in [0.717, 1.165) is 31.0 Å². The van der Waals surface area contributed by atoms with Crippen LogP contribution in [0, 0.1) is 5.92 Å². The number of methoxy groups -OCH3 is 2. The van der Waals surface area contributed by atoms with Gasteiger partial charge in [0, 0.05) is 12.5 Å². The number of ether oxygens (including phenoxy) is 2. The fraction of sp³-hybridized carbons (Fsp3) is 0.368. The van der Waals surface area contributed by atoms with Crippen molar-refractivity contribution in [3.8, 4) is 11.5 Å². The third-order valence-corrected chi connectivity index (χ3v) is 4.52. The highest BCUT2D eigenvalue weighted by Crippen LogP contribution is 2.36. The second-order valence-electron chi connectivity index (χ2n) is 5.83. The van der Waals surface area contributed by atoms with Crippen LogP contribution in [0.2, 0.25) is 0 Å². The van der Waals surface area contributed by atoms with E-state index in [9.17, 15) is 0 Å². The third kappa shape index (κ3) is 4.06. The van der Waals surface area contributed by atoms with Crippen LogP contribution in [0.3, 0.4) is 0 Å². The normalized spacial score (nSPS) is 19.9. The van der Waals surface area contributed by atoms with Crippen LogP contribution < -0.4 is 14.8 Å². The van der Waals surface area contributed by atoms with Crippen LogP contribution in [0.5, 0.6) is 11.5 Å². The number of hydrogen-bond donors (Lipinski definition) is 1. The number of hydrogen-bond acceptors (Lipinski definition) is 3. The lowest BCUT2D eigenvalue weighted by Gasteiger charge is -2.20. The van der Waals surface area contributed by atoms with E-state index in [2.05, 4.69) is 47.8 Å². The summed E-state index contributed by atoms with van der Waals surface area (Å²) in [5.74, 6) is 2.72. The minimum atomic E-state index is 0. The molecule has 1 heterocycles. The average Bonchev–Trinajstić information content (AvgIpc) is 3.03. The number of nitrogens with one attached hydrogen (secondary N) is 1. The Morgan fingerprint density at radius 3 is 2.39 bits per heavy atom. The lowest BCUT2D eigenvalue weighted by Crippen LogP contribution is -2.14. The summed E-state index contributed by atoms with van der Waals surface area (Å²) in [4.78, 5) is 0. The molecule has 0 radical (unpaired) electrons. The molecular weight excluding hydrogens is 354 g/mol. The molecule has 23 heavy (non-hydrogen) atoms. The summed E-state index contributed by atoms with van der Waals surface area (Å²) < 4.78 is 10.8. The van der Waals surface area contributed by atoms with E-state index >= 15 is 0 Å². The molecule has 0 bridgehead atoms.